The molecule has 1 saturated heterocycles. The van der Waals surface area contributed by atoms with Crippen molar-refractivity contribution >= 4 is 153 Å². The number of fused-ring (bicyclic) bond motifs is 15. The van der Waals surface area contributed by atoms with Gasteiger partial charge in [-0.3, -0.25) is 0 Å². The summed E-state index contributed by atoms with van der Waals surface area (Å²) in [7, 11) is -2.15. The van der Waals surface area contributed by atoms with Crippen LogP contribution in [0, 0.1) is 0 Å². The summed E-state index contributed by atoms with van der Waals surface area (Å²) >= 11 is 9.66. The van der Waals surface area contributed by atoms with Crippen LogP contribution in [0.2, 0.25) is 5.02 Å². The predicted molar refractivity (Wildman–Crippen MR) is 515 cm³/mol. The largest absolute Gasteiger partial charge is 0.492 e. The summed E-state index contributed by atoms with van der Waals surface area (Å²) in [6, 6.07) is 71.1. The van der Waals surface area contributed by atoms with E-state index in [2.05, 4.69) is 103 Å². The summed E-state index contributed by atoms with van der Waals surface area (Å²) in [5.74, 6) is 3.34. The minimum Gasteiger partial charge on any atom is -0.456 e. The van der Waals surface area contributed by atoms with E-state index in [1.54, 1.807) is 34.8 Å². The molecule has 0 spiro atoms. The van der Waals surface area contributed by atoms with Crippen molar-refractivity contribution in [1.82, 2.24) is 29.9 Å². The lowest BCUT2D eigenvalue weighted by molar-refractivity contribution is 0.198. The van der Waals surface area contributed by atoms with Gasteiger partial charge in [-0.25, -0.2) is 29.9 Å². The summed E-state index contributed by atoms with van der Waals surface area (Å²) in [5.41, 5.74) is 8.72. The maximum absolute atomic E-state index is 9.45. The number of hydrogen-bond acceptors (Lipinski definition) is 14. The first-order valence-electron chi connectivity index (χ1n) is 50.6. The second kappa shape index (κ2) is 36.1. The fourth-order valence-corrected chi connectivity index (χ4v) is 17.1. The van der Waals surface area contributed by atoms with E-state index >= 15 is 0 Å². The summed E-state index contributed by atoms with van der Waals surface area (Å²) in [6.07, 6.45) is 2.56. The van der Waals surface area contributed by atoms with Gasteiger partial charge in [-0.15, -0.1) is 22.7 Å². The van der Waals surface area contributed by atoms with Gasteiger partial charge < -0.3 is 28.0 Å². The van der Waals surface area contributed by atoms with Crippen LogP contribution in [0.1, 0.15) is 56.8 Å². The topological polar surface area (TPSA) is 166 Å². The van der Waals surface area contributed by atoms with Crippen LogP contribution in [0.25, 0.3) is 208 Å². The van der Waals surface area contributed by atoms with E-state index in [0.29, 0.717) is 51.1 Å². The van der Waals surface area contributed by atoms with E-state index in [1.807, 2.05) is 141 Å². The molecule has 23 aromatic rings. The molecule has 1 aliphatic rings. The first-order valence-corrected chi connectivity index (χ1v) is 41.6. The third-order valence-electron chi connectivity index (χ3n) is 20.3. The number of halogens is 1. The Labute approximate surface area is 759 Å². The van der Waals surface area contributed by atoms with Gasteiger partial charge >= 0.3 is 7.12 Å². The van der Waals surface area contributed by atoms with Gasteiger partial charge in [0, 0.05) is 135 Å². The van der Waals surface area contributed by atoms with Gasteiger partial charge in [0.1, 0.15) is 33.5 Å². The van der Waals surface area contributed by atoms with E-state index in [0.717, 1.165) is 73.4 Å². The maximum Gasteiger partial charge on any atom is 0.492 e. The third kappa shape index (κ3) is 16.2. The molecule has 7 aromatic heterocycles. The van der Waals surface area contributed by atoms with Crippen LogP contribution < -0.4 is 5.46 Å². The molecule has 16 aromatic carbocycles. The van der Waals surface area contributed by atoms with Crippen molar-refractivity contribution in [3.8, 4) is 102 Å². The van der Waals surface area contributed by atoms with Crippen LogP contribution in [0.5, 0.6) is 0 Å². The maximum atomic E-state index is 9.45. The molecule has 0 atom stereocenters. The minimum absolute atomic E-state index is 0.0158. The van der Waals surface area contributed by atoms with Gasteiger partial charge in [-0.1, -0.05) is 328 Å². The van der Waals surface area contributed by atoms with E-state index in [-0.39, 0.29) is 114 Å². The van der Waals surface area contributed by atoms with Crippen LogP contribution in [0.4, 0.5) is 0 Å². The first kappa shape index (κ1) is 57.8. The van der Waals surface area contributed by atoms with Crippen LogP contribution in [0.15, 0.2) is 389 Å². The number of rotatable bonds is 10. The molecule has 12 nitrogen and oxygen atoms in total. The van der Waals surface area contributed by atoms with Crippen molar-refractivity contribution in [2.24, 2.45) is 0 Å². The highest BCUT2D eigenvalue weighted by Gasteiger charge is 2.24. The van der Waals surface area contributed by atoms with Crippen LogP contribution >= 0.6 is 34.3 Å². The molecular formula is C108H78BClN6O6S2. The molecule has 0 bridgehead atoms. The second-order valence-electron chi connectivity index (χ2n) is 27.8. The van der Waals surface area contributed by atoms with Crippen molar-refractivity contribution in [2.75, 3.05) is 13.2 Å². The summed E-state index contributed by atoms with van der Waals surface area (Å²) < 4.78 is 203. The molecule has 0 amide bonds. The third-order valence-corrected chi connectivity index (χ3v) is 23.0. The van der Waals surface area contributed by atoms with E-state index in [9.17, 15) is 10.0 Å². The highest BCUT2D eigenvalue weighted by Crippen LogP contribution is 2.44. The Hall–Kier alpha value is -14.4. The van der Waals surface area contributed by atoms with Gasteiger partial charge in [-0.2, -0.15) is 0 Å². The first-order chi connectivity index (χ1) is 70.4. The molecule has 598 valence electrons. The standard InChI is InChI=1S/C45H27N3OS.C33H20ClN3S.C12H9BO3.C12H8O.C4H8O.C2H6/c1-2-12-28(13-3-1)31-14-4-5-17-37(31)44-46-43(47-45(48-44)38-21-11-20-36-34-16-7-9-23-40(34)50-42(36)38)30-26-24-29(25-27-30)32-18-10-19-35-33-15-6-8-22-39(33)49-41(32)35;34-23-19-17-22(18-20-23)31-35-32(27-13-5-4-11-24(27)21-9-2-1-3-10-21)37-33(36-31)28-15-8-14-26-25-12-6-7-16-29(25)38-30(26)28;14-13(15)10-6-3-5-9-8-4-1-2-7-11(8)16-12(9)10;1-3-7-11-9(5-1)10-6-2-4-8-12(10)13-11;1-2-4-5-3-1;1-2/h1-27H;1-20H;1-7,14-15H;1-8H;1-4H2;1-2H3/i6D,8D,10D,15D,18D,19D,22D;;1D,2D,3D,4D,5D,6D,7D;1D,2D,3D,4D,5D,6D,7D,8D;;. The van der Waals surface area contributed by atoms with Gasteiger partial charge in [0.2, 0.25) is 0 Å². The Morgan fingerprint density at radius 3 is 1.09 bits per heavy atom. The van der Waals surface area contributed by atoms with Gasteiger partial charge in [0.05, 0.1) is 30.2 Å². The summed E-state index contributed by atoms with van der Waals surface area (Å²) in [4.78, 5) is 30.3. The van der Waals surface area contributed by atoms with Gasteiger partial charge in [0.15, 0.2) is 34.9 Å². The molecule has 16 heteroatoms. The molecule has 0 unspecified atom stereocenters. The van der Waals surface area contributed by atoms with E-state index < -0.39 is 103 Å². The highest BCUT2D eigenvalue weighted by atomic mass is 35.5. The number of aromatic nitrogens is 6. The van der Waals surface area contributed by atoms with E-state index in [4.69, 9.17) is 89.6 Å². The molecule has 8 heterocycles. The predicted octanol–water partition coefficient (Wildman–Crippen LogP) is 28.7. The molecule has 2 N–H and O–H groups in total. The van der Waals surface area contributed by atoms with Crippen molar-refractivity contribution < 1.29 is 58.2 Å². The molecule has 24 rings (SSSR count). The van der Waals surface area contributed by atoms with Crippen molar-refractivity contribution in [3.05, 3.63) is 381 Å². The minimum atomic E-state index is -2.15. The van der Waals surface area contributed by atoms with Crippen molar-refractivity contribution in [2.45, 2.75) is 26.7 Å². The van der Waals surface area contributed by atoms with Gasteiger partial charge in [-0.05, 0) is 113 Å². The Bertz CT molecular complexity index is 9100. The number of para-hydroxylation sites is 6. The Kier molecular flexibility index (Phi) is 16.8. The Balaban J connectivity index is 0.000000129. The molecule has 1 fully saturated rings. The Morgan fingerprint density at radius 2 is 0.629 bits per heavy atom. The average Bonchev–Trinajstić information content (AvgIpc) is 1.61. The Morgan fingerprint density at radius 1 is 0.290 bits per heavy atom. The zero-order chi connectivity index (χ0) is 103. The smallest absolute Gasteiger partial charge is 0.456 e. The summed E-state index contributed by atoms with van der Waals surface area (Å²) in [6.45, 7) is 6.00. The fourth-order valence-electron chi connectivity index (χ4n) is 14.6. The zero-order valence-electron chi connectivity index (χ0n) is 87.9. The molecule has 124 heavy (non-hydrogen) atoms. The van der Waals surface area contributed by atoms with Gasteiger partial charge in [0.25, 0.3) is 0 Å². The van der Waals surface area contributed by atoms with Crippen LogP contribution in [-0.4, -0.2) is 60.3 Å². The van der Waals surface area contributed by atoms with Crippen molar-refractivity contribution in [1.29, 1.82) is 0 Å². The second-order valence-corrected chi connectivity index (χ2v) is 30.4. The molecule has 0 saturated carbocycles. The number of hydrogen-bond donors (Lipinski definition) is 2. The lowest BCUT2D eigenvalue weighted by Crippen LogP contribution is -2.29. The number of furan rings is 3. The monoisotopic (exact) mass is 1690 g/mol. The fraction of sp³-hybridized carbons (Fsp3) is 0.0556. The number of thiophene rings is 2. The van der Waals surface area contributed by atoms with Crippen molar-refractivity contribution in [3.63, 3.8) is 0 Å². The highest BCUT2D eigenvalue weighted by molar-refractivity contribution is 7.26. The number of ether oxygens (including phenoxy) is 1. The SMILES string of the molecule is C1CCOC1.CC.Clc1ccc(-c2nc(-c3ccccc3-c3ccccc3)nc(-c3cccc4c3sc3ccccc34)n2)cc1.[2H]c1c([2H])c([2H])c2c(oc3c(-c4ccc(-c5nc(-c6ccccc6-c6ccccc6)nc(-c6cccc7c6sc6ccccc67)n5)cc4)c([2H])c([2H])c([2H])c32)c1[2H].[2H]c1c([2H])c([2H])c2c(oc3c(B(O)O)c([2H])c([2H])c([2H])c32)c1[2H].[2H]c1c([2H])c([2H])c2c(oc3c([2H])c([2H])c([2H])c([2H])c32)c1[2H]. The normalized spacial score (nSPS) is 14.2. The lowest BCUT2D eigenvalue weighted by atomic mass is 9.79. The molecule has 0 aliphatic carbocycles. The molecule has 1 aliphatic heterocycles. The quantitative estimate of drug-likeness (QED) is 0.125. The molecule has 0 radical (unpaired) electrons. The summed E-state index contributed by atoms with van der Waals surface area (Å²) in [5, 5.41) is 24.1. The van der Waals surface area contributed by atoms with E-state index in [1.165, 1.54) is 43.1 Å². The van der Waals surface area contributed by atoms with Crippen LogP contribution in [-0.2, 0) is 4.74 Å². The number of nitrogens with zero attached hydrogens (tertiary/aromatic N) is 6. The average molecular weight is 1690 g/mol. The zero-order valence-corrected chi connectivity index (χ0v) is 68.3. The van der Waals surface area contributed by atoms with Crippen LogP contribution in [0.3, 0.4) is 0 Å². The number of benzene rings is 16. The molecular weight excluding hydrogens is 1590 g/mol. The lowest BCUT2D eigenvalue weighted by Gasteiger charge is -2.12.